The number of thioether (sulfide) groups is 1. The van der Waals surface area contributed by atoms with Crippen LogP contribution in [0.25, 0.3) is 0 Å². The molecular weight excluding hydrogens is 350 g/mol. The van der Waals surface area contributed by atoms with E-state index in [0.717, 1.165) is 17.3 Å². The van der Waals surface area contributed by atoms with Gasteiger partial charge in [0.15, 0.2) is 5.78 Å². The second-order valence-corrected chi connectivity index (χ2v) is 8.01. The molecule has 0 aromatic heterocycles. The Kier molecular flexibility index (Phi) is 3.66. The average Bonchev–Trinajstić information content (AvgIpc) is 3.01. The molecule has 7 N–H and O–H groups in total. The van der Waals surface area contributed by atoms with Gasteiger partial charge >= 0.3 is 5.97 Å². The molecule has 0 fully saturated rings. The van der Waals surface area contributed by atoms with Crippen molar-refractivity contribution in [3.05, 3.63) is 58.7 Å². The number of anilines is 1. The van der Waals surface area contributed by atoms with Gasteiger partial charge in [0, 0.05) is 16.5 Å². The highest BCUT2D eigenvalue weighted by atomic mass is 32.2. The quantitative estimate of drug-likeness (QED) is 0.587. The topological polar surface area (TPSA) is 132 Å². The van der Waals surface area contributed by atoms with E-state index in [9.17, 15) is 14.7 Å². The van der Waals surface area contributed by atoms with Gasteiger partial charge in [-0.25, -0.2) is 0 Å². The molecule has 0 radical (unpaired) electrons. The molecule has 1 heterocycles. The Hall–Kier alpha value is -2.35. The van der Waals surface area contributed by atoms with E-state index in [1.165, 1.54) is 0 Å². The van der Waals surface area contributed by atoms with E-state index in [2.05, 4.69) is 0 Å². The summed E-state index contributed by atoms with van der Waals surface area (Å²) in [6.07, 6.45) is 0. The van der Waals surface area contributed by atoms with Crippen LogP contribution in [0.15, 0.2) is 41.3 Å². The Morgan fingerprint density at radius 3 is 2.54 bits per heavy atom. The molecule has 0 amide bonds. The normalized spacial score (nSPS) is 29.5. The zero-order valence-corrected chi connectivity index (χ0v) is 14.9. The van der Waals surface area contributed by atoms with Gasteiger partial charge in [-0.3, -0.25) is 9.59 Å². The minimum Gasteiger partial charge on any atom is -0.480 e. The van der Waals surface area contributed by atoms with Crippen LogP contribution in [0.5, 0.6) is 0 Å². The molecule has 1 aliphatic carbocycles. The third-order valence-corrected chi connectivity index (χ3v) is 6.89. The summed E-state index contributed by atoms with van der Waals surface area (Å²) >= 11 is 1.15. The molecule has 4 rings (SSSR count). The first kappa shape index (κ1) is 17.1. The third-order valence-electron chi connectivity index (χ3n) is 5.45. The largest absolute Gasteiger partial charge is 0.480 e. The Morgan fingerprint density at radius 1 is 1.19 bits per heavy atom. The van der Waals surface area contributed by atoms with Gasteiger partial charge in [0.1, 0.15) is 10.8 Å². The number of aliphatic carboxylic acids is 1. The second kappa shape index (κ2) is 5.57. The summed E-state index contributed by atoms with van der Waals surface area (Å²) in [5.41, 5.74) is 21.0. The Morgan fingerprint density at radius 2 is 1.88 bits per heavy atom. The van der Waals surface area contributed by atoms with Crippen LogP contribution in [0.2, 0.25) is 0 Å². The molecule has 2 aromatic rings. The van der Waals surface area contributed by atoms with Crippen LogP contribution in [-0.4, -0.2) is 28.2 Å². The van der Waals surface area contributed by atoms with Crippen LogP contribution in [0.4, 0.5) is 5.69 Å². The number of hydrogen-bond donors (Lipinski definition) is 4. The van der Waals surface area contributed by atoms with Gasteiger partial charge in [-0.1, -0.05) is 30.3 Å². The number of ketones is 1. The second-order valence-electron chi connectivity index (χ2n) is 6.86. The van der Waals surface area contributed by atoms with Crippen molar-refractivity contribution >= 4 is 29.2 Å². The van der Waals surface area contributed by atoms with Gasteiger partial charge < -0.3 is 22.3 Å². The predicted molar refractivity (Wildman–Crippen MR) is 100 cm³/mol. The van der Waals surface area contributed by atoms with Crippen molar-refractivity contribution in [3.63, 3.8) is 0 Å². The van der Waals surface area contributed by atoms with Crippen molar-refractivity contribution in [2.24, 2.45) is 11.5 Å². The van der Waals surface area contributed by atoms with Gasteiger partial charge in [0.25, 0.3) is 0 Å². The number of Topliss-reactive ketones (excluding diaryl/α,β-unsaturated/α-hetero) is 1. The van der Waals surface area contributed by atoms with Crippen LogP contribution >= 0.6 is 11.8 Å². The maximum Gasteiger partial charge on any atom is 0.317 e. The first-order chi connectivity index (χ1) is 12.3. The van der Waals surface area contributed by atoms with E-state index < -0.39 is 28.7 Å². The van der Waals surface area contributed by atoms with E-state index in [0.29, 0.717) is 27.3 Å². The Balaban J connectivity index is 2.05. The van der Waals surface area contributed by atoms with E-state index in [4.69, 9.17) is 17.2 Å². The Labute approximate surface area is 154 Å². The van der Waals surface area contributed by atoms with Crippen molar-refractivity contribution in [3.8, 4) is 0 Å². The lowest BCUT2D eigenvalue weighted by Crippen LogP contribution is -2.60. The fourth-order valence-electron chi connectivity index (χ4n) is 4.20. The minimum atomic E-state index is -1.42. The average molecular weight is 369 g/mol. The van der Waals surface area contributed by atoms with Gasteiger partial charge in [-0.15, -0.1) is 11.8 Å². The van der Waals surface area contributed by atoms with Crippen LogP contribution < -0.4 is 17.2 Å². The molecule has 1 aliphatic heterocycles. The zero-order valence-electron chi connectivity index (χ0n) is 14.1. The van der Waals surface area contributed by atoms with E-state index >= 15 is 0 Å². The van der Waals surface area contributed by atoms with Crippen molar-refractivity contribution in [1.82, 2.24) is 0 Å². The number of benzene rings is 2. The summed E-state index contributed by atoms with van der Waals surface area (Å²) in [5, 5.41) is 8.78. The molecule has 0 spiro atoms. The number of carbonyl (C=O) groups excluding carboxylic acids is 1. The van der Waals surface area contributed by atoms with Crippen molar-refractivity contribution in [1.29, 1.82) is 0 Å². The molecule has 0 saturated carbocycles. The molecule has 4 atom stereocenters. The highest BCUT2D eigenvalue weighted by Crippen LogP contribution is 2.56. The van der Waals surface area contributed by atoms with E-state index in [1.807, 2.05) is 31.2 Å². The summed E-state index contributed by atoms with van der Waals surface area (Å²) in [5.74, 6) is -2.02. The number of nitrogens with two attached hydrogens (primary N) is 3. The number of nitrogen functional groups attached to an aromatic ring is 1. The van der Waals surface area contributed by atoms with Gasteiger partial charge in [0.05, 0.1) is 6.04 Å². The SMILES string of the molecule is Cc1ccccc1C1(N)C(=O)C(N)C2c3c1ccc(N)c3SC2C(=O)O. The van der Waals surface area contributed by atoms with Crippen molar-refractivity contribution < 1.29 is 14.7 Å². The fraction of sp³-hybridized carbons (Fsp3) is 0.263. The maximum absolute atomic E-state index is 13.3. The lowest BCUT2D eigenvalue weighted by atomic mass is 9.65. The molecule has 4 unspecified atom stereocenters. The van der Waals surface area contributed by atoms with E-state index in [1.54, 1.807) is 12.1 Å². The number of carbonyl (C=O) groups is 2. The predicted octanol–water partition coefficient (Wildman–Crippen LogP) is 1.33. The van der Waals surface area contributed by atoms with Gasteiger partial charge in [-0.2, -0.15) is 0 Å². The molecule has 2 aromatic carbocycles. The van der Waals surface area contributed by atoms with E-state index in [-0.39, 0.29) is 5.78 Å². The first-order valence-electron chi connectivity index (χ1n) is 8.25. The molecule has 26 heavy (non-hydrogen) atoms. The number of carboxylic acid groups (broad SMARTS) is 1. The first-order valence-corrected chi connectivity index (χ1v) is 9.13. The fourth-order valence-corrected chi connectivity index (χ4v) is 5.58. The molecule has 2 aliphatic rings. The van der Waals surface area contributed by atoms with Crippen LogP contribution in [0.1, 0.15) is 28.2 Å². The zero-order chi connectivity index (χ0) is 18.8. The summed E-state index contributed by atoms with van der Waals surface area (Å²) in [6, 6.07) is 9.83. The lowest BCUT2D eigenvalue weighted by molar-refractivity contribution is -0.137. The highest BCUT2D eigenvalue weighted by molar-refractivity contribution is 8.01. The maximum atomic E-state index is 13.3. The van der Waals surface area contributed by atoms with Crippen LogP contribution in [0.3, 0.4) is 0 Å². The Bertz CT molecular complexity index is 961. The number of rotatable bonds is 2. The smallest absolute Gasteiger partial charge is 0.317 e. The summed E-state index contributed by atoms with van der Waals surface area (Å²) in [7, 11) is 0. The molecule has 134 valence electrons. The summed E-state index contributed by atoms with van der Waals surface area (Å²) in [6.45, 7) is 1.89. The summed E-state index contributed by atoms with van der Waals surface area (Å²) < 4.78 is 0. The third kappa shape index (κ3) is 2.02. The molecule has 0 bridgehead atoms. The minimum absolute atomic E-state index is 0.367. The van der Waals surface area contributed by atoms with Gasteiger partial charge in [-0.05, 0) is 35.2 Å². The van der Waals surface area contributed by atoms with Crippen LogP contribution in [0, 0.1) is 6.92 Å². The molecule has 7 heteroatoms. The number of carboxylic acids is 1. The molecule has 6 nitrogen and oxygen atoms in total. The monoisotopic (exact) mass is 369 g/mol. The standard InChI is InChI=1S/C19H19N3O3S/c1-8-4-2-3-5-9(8)19(22)10-6-7-11(20)15-12(10)13(14(21)17(19)23)16(26-15)18(24)25/h2-7,13-14,16H,20-22H2,1H3,(H,24,25). The lowest BCUT2D eigenvalue weighted by Gasteiger charge is -2.41. The molecule has 0 saturated heterocycles. The number of hydrogen-bond acceptors (Lipinski definition) is 6. The highest BCUT2D eigenvalue weighted by Gasteiger charge is 2.56. The van der Waals surface area contributed by atoms with Gasteiger partial charge in [0.2, 0.25) is 0 Å². The van der Waals surface area contributed by atoms with Crippen LogP contribution in [-0.2, 0) is 15.1 Å². The number of aryl methyl sites for hydroxylation is 1. The molecular formula is C19H19N3O3S. The van der Waals surface area contributed by atoms with Crippen molar-refractivity contribution in [2.75, 3.05) is 5.73 Å². The van der Waals surface area contributed by atoms with Crippen molar-refractivity contribution in [2.45, 2.75) is 34.6 Å². The summed E-state index contributed by atoms with van der Waals surface area (Å²) in [4.78, 5) is 25.8.